The van der Waals surface area contributed by atoms with Crippen molar-refractivity contribution in [2.45, 2.75) is 24.5 Å². The number of hydrogen-bond donors (Lipinski definition) is 2. The maximum Gasteiger partial charge on any atom is 0.370 e. The smallest absolute Gasteiger partial charge is 0.370 e. The molecule has 0 saturated carbocycles. The molecule has 2 atom stereocenters. The Morgan fingerprint density at radius 2 is 1.96 bits per heavy atom. The topological polar surface area (TPSA) is 123 Å². The molecule has 1 aromatic carbocycles. The quantitative estimate of drug-likeness (QED) is 0.581. The molecular weight excluding hydrogens is 390 g/mol. The summed E-state index contributed by atoms with van der Waals surface area (Å²) in [6.45, 7) is 1.36. The number of aliphatic carboxylic acids is 1. The second kappa shape index (κ2) is 9.87. The second-order valence-corrected chi connectivity index (χ2v) is 8.21. The molecule has 0 aromatic heterocycles. The van der Waals surface area contributed by atoms with Crippen LogP contribution in [0.25, 0.3) is 0 Å². The number of carboxylic acid groups (broad SMARTS) is 1. The Morgan fingerprint density at radius 3 is 2.54 bits per heavy atom. The molecule has 9 nitrogen and oxygen atoms in total. The van der Waals surface area contributed by atoms with E-state index in [4.69, 9.17) is 19.3 Å². The van der Waals surface area contributed by atoms with Gasteiger partial charge in [0.15, 0.2) is 0 Å². The summed E-state index contributed by atoms with van der Waals surface area (Å²) in [6.07, 6.45) is 1.20. The number of sulfonamides is 1. The number of methoxy groups -OCH3 is 1. The van der Waals surface area contributed by atoms with Gasteiger partial charge in [-0.1, -0.05) is 6.92 Å². The number of aliphatic hydroxyl groups excluding tert-OH is 1. The first-order valence-corrected chi connectivity index (χ1v) is 10.2. The van der Waals surface area contributed by atoms with E-state index in [-0.39, 0.29) is 42.9 Å². The van der Waals surface area contributed by atoms with Crippen LogP contribution in [0.5, 0.6) is 5.75 Å². The first kappa shape index (κ1) is 22.2. The molecule has 1 heterocycles. The van der Waals surface area contributed by atoms with Crippen LogP contribution in [-0.4, -0.2) is 68.6 Å². The van der Waals surface area contributed by atoms with Crippen molar-refractivity contribution in [2.75, 3.05) is 33.4 Å². The Balaban J connectivity index is 2.00. The van der Waals surface area contributed by atoms with Crippen LogP contribution in [0.3, 0.4) is 0 Å². The molecule has 0 amide bonds. The highest BCUT2D eigenvalue weighted by atomic mass is 32.2. The number of aliphatic hydroxyl groups is 1. The van der Waals surface area contributed by atoms with Gasteiger partial charge in [0, 0.05) is 19.5 Å². The van der Waals surface area contributed by atoms with Gasteiger partial charge in [-0.2, -0.15) is 4.31 Å². The number of nitrogens with zero attached hydrogens (tertiary/aromatic N) is 1. The minimum atomic E-state index is -3.83. The zero-order valence-corrected chi connectivity index (χ0v) is 16.6. The van der Waals surface area contributed by atoms with Crippen LogP contribution < -0.4 is 4.74 Å². The van der Waals surface area contributed by atoms with Gasteiger partial charge < -0.3 is 24.4 Å². The lowest BCUT2D eigenvalue weighted by molar-refractivity contribution is -0.158. The lowest BCUT2D eigenvalue weighted by Crippen LogP contribution is -2.37. The fourth-order valence-electron chi connectivity index (χ4n) is 2.73. The Bertz CT molecular complexity index is 790. The molecule has 0 aliphatic carbocycles. The SMILES string of the molecule is COc1ccc(S(=O)(=O)N(CCO)CCO[C@H]2C[C@@H](C)C=C(C(=O)O)O2)cc1. The van der Waals surface area contributed by atoms with Gasteiger partial charge in [-0.15, -0.1) is 0 Å². The van der Waals surface area contributed by atoms with E-state index in [0.717, 1.165) is 4.31 Å². The third kappa shape index (κ3) is 5.68. The summed E-state index contributed by atoms with van der Waals surface area (Å²) in [4.78, 5) is 11.1. The lowest BCUT2D eigenvalue weighted by atomic mass is 10.0. The zero-order valence-electron chi connectivity index (χ0n) is 15.8. The van der Waals surface area contributed by atoms with Crippen molar-refractivity contribution in [3.05, 3.63) is 36.1 Å². The molecule has 2 N–H and O–H groups in total. The van der Waals surface area contributed by atoms with E-state index in [1.54, 1.807) is 0 Å². The highest BCUT2D eigenvalue weighted by Gasteiger charge is 2.27. The van der Waals surface area contributed by atoms with Crippen LogP contribution in [0, 0.1) is 5.92 Å². The van der Waals surface area contributed by atoms with Crippen molar-refractivity contribution in [2.24, 2.45) is 5.92 Å². The number of carbonyl (C=O) groups is 1. The van der Waals surface area contributed by atoms with E-state index in [2.05, 4.69) is 0 Å². The molecule has 0 saturated heterocycles. The Labute approximate surface area is 164 Å². The molecular formula is C18H25NO8S. The summed E-state index contributed by atoms with van der Waals surface area (Å²) in [5.41, 5.74) is 0. The molecule has 0 bridgehead atoms. The minimum Gasteiger partial charge on any atom is -0.497 e. The first-order chi connectivity index (χ1) is 13.3. The molecule has 2 rings (SSSR count). The minimum absolute atomic E-state index is 0.0142. The van der Waals surface area contributed by atoms with Gasteiger partial charge in [-0.05, 0) is 36.3 Å². The molecule has 156 valence electrons. The molecule has 1 aliphatic rings. The summed E-state index contributed by atoms with van der Waals surface area (Å²) in [5.74, 6) is -0.866. The van der Waals surface area contributed by atoms with Crippen molar-refractivity contribution in [3.8, 4) is 5.75 Å². The summed E-state index contributed by atoms with van der Waals surface area (Å²) in [6, 6.07) is 5.93. The van der Waals surface area contributed by atoms with Gasteiger partial charge in [-0.3, -0.25) is 0 Å². The number of ether oxygens (including phenoxy) is 3. The predicted octanol–water partition coefficient (Wildman–Crippen LogP) is 1.05. The molecule has 1 aliphatic heterocycles. The Hall–Kier alpha value is -2.14. The third-order valence-corrected chi connectivity index (χ3v) is 6.07. The second-order valence-electron chi connectivity index (χ2n) is 6.27. The molecule has 10 heteroatoms. The fraction of sp³-hybridized carbons (Fsp3) is 0.500. The van der Waals surface area contributed by atoms with Gasteiger partial charge in [0.1, 0.15) is 5.75 Å². The summed E-state index contributed by atoms with van der Waals surface area (Å²) in [5, 5.41) is 18.3. The number of hydrogen-bond acceptors (Lipinski definition) is 7. The Kier molecular flexibility index (Phi) is 7.81. The maximum atomic E-state index is 12.8. The normalized spacial score (nSPS) is 19.8. The number of rotatable bonds is 10. The van der Waals surface area contributed by atoms with Crippen LogP contribution >= 0.6 is 0 Å². The predicted molar refractivity (Wildman–Crippen MR) is 99.2 cm³/mol. The monoisotopic (exact) mass is 415 g/mol. The van der Waals surface area contributed by atoms with Gasteiger partial charge >= 0.3 is 5.97 Å². The third-order valence-electron chi connectivity index (χ3n) is 4.16. The maximum absolute atomic E-state index is 12.8. The van der Waals surface area contributed by atoms with Crippen molar-refractivity contribution in [1.82, 2.24) is 4.31 Å². The van der Waals surface area contributed by atoms with Crippen LogP contribution in [0.2, 0.25) is 0 Å². The van der Waals surface area contributed by atoms with Gasteiger partial charge in [-0.25, -0.2) is 13.2 Å². The molecule has 0 unspecified atom stereocenters. The van der Waals surface area contributed by atoms with Gasteiger partial charge in [0.25, 0.3) is 0 Å². The van der Waals surface area contributed by atoms with Gasteiger partial charge in [0.2, 0.25) is 22.1 Å². The van der Waals surface area contributed by atoms with E-state index in [1.807, 2.05) is 6.92 Å². The summed E-state index contributed by atoms with van der Waals surface area (Å²) < 4.78 is 42.5. The summed E-state index contributed by atoms with van der Waals surface area (Å²) in [7, 11) is -2.35. The van der Waals surface area contributed by atoms with Crippen molar-refractivity contribution >= 4 is 16.0 Å². The van der Waals surface area contributed by atoms with Gasteiger partial charge in [0.05, 0.1) is 25.2 Å². The zero-order chi connectivity index (χ0) is 20.7. The molecule has 0 spiro atoms. The first-order valence-electron chi connectivity index (χ1n) is 8.76. The largest absolute Gasteiger partial charge is 0.497 e. The van der Waals surface area contributed by atoms with E-state index < -0.39 is 22.3 Å². The standard InChI is InChI=1S/C18H25NO8S/c1-13-11-16(18(21)22)27-17(12-13)26-10-8-19(7-9-20)28(23,24)15-5-3-14(25-2)4-6-15/h3-6,11,13,17,20H,7-10,12H2,1-2H3,(H,21,22)/t13-,17+/m0/s1. The fourth-order valence-corrected chi connectivity index (χ4v) is 4.14. The number of carboxylic acids is 1. The average molecular weight is 415 g/mol. The highest BCUT2D eigenvalue weighted by Crippen LogP contribution is 2.23. The van der Waals surface area contributed by atoms with Crippen molar-refractivity contribution in [1.29, 1.82) is 0 Å². The van der Waals surface area contributed by atoms with Crippen molar-refractivity contribution < 1.29 is 37.6 Å². The van der Waals surface area contributed by atoms with E-state index >= 15 is 0 Å². The molecule has 0 radical (unpaired) electrons. The molecule has 0 fully saturated rings. The molecule has 28 heavy (non-hydrogen) atoms. The Morgan fingerprint density at radius 1 is 1.29 bits per heavy atom. The van der Waals surface area contributed by atoms with Crippen molar-refractivity contribution in [3.63, 3.8) is 0 Å². The van der Waals surface area contributed by atoms with E-state index in [1.165, 1.54) is 37.5 Å². The average Bonchev–Trinajstić information content (AvgIpc) is 2.66. The molecule has 1 aromatic rings. The number of allylic oxidation sites excluding steroid dienone is 1. The van der Waals surface area contributed by atoms with E-state index in [9.17, 15) is 18.3 Å². The van der Waals surface area contributed by atoms with Crippen LogP contribution in [-0.2, 0) is 24.3 Å². The lowest BCUT2D eigenvalue weighted by Gasteiger charge is -2.27. The highest BCUT2D eigenvalue weighted by molar-refractivity contribution is 7.89. The number of benzene rings is 1. The van der Waals surface area contributed by atoms with E-state index in [0.29, 0.717) is 12.2 Å². The van der Waals surface area contributed by atoms with Crippen LogP contribution in [0.1, 0.15) is 13.3 Å². The van der Waals surface area contributed by atoms with Crippen LogP contribution in [0.4, 0.5) is 0 Å². The summed E-state index contributed by atoms with van der Waals surface area (Å²) >= 11 is 0. The van der Waals surface area contributed by atoms with Crippen LogP contribution in [0.15, 0.2) is 41.0 Å².